The molecule has 3 heteroatoms. The summed E-state index contributed by atoms with van der Waals surface area (Å²) in [5.41, 5.74) is 1.73. The van der Waals surface area contributed by atoms with Gasteiger partial charge in [-0.2, -0.15) is 0 Å². The van der Waals surface area contributed by atoms with Gasteiger partial charge in [-0.15, -0.1) is 0 Å². The molecule has 0 bridgehead atoms. The molecule has 100 valence electrons. The van der Waals surface area contributed by atoms with E-state index in [1.54, 1.807) is 6.08 Å². The lowest BCUT2D eigenvalue weighted by Crippen LogP contribution is -2.41. The average Bonchev–Trinajstić information content (AvgIpc) is 2.26. The maximum absolute atomic E-state index is 11.3. The molecular formula is C15H22O3. The minimum absolute atomic E-state index is 0.0713. The first-order valence-electron chi connectivity index (χ1n) is 6.72. The summed E-state index contributed by atoms with van der Waals surface area (Å²) in [6, 6.07) is 0. The summed E-state index contributed by atoms with van der Waals surface area (Å²) in [4.78, 5) is 11.3. The first-order valence-corrected chi connectivity index (χ1v) is 6.72. The van der Waals surface area contributed by atoms with Crippen molar-refractivity contribution in [2.24, 2.45) is 23.7 Å². The third-order valence-electron chi connectivity index (χ3n) is 4.40. The zero-order valence-electron chi connectivity index (χ0n) is 11.3. The van der Waals surface area contributed by atoms with Gasteiger partial charge in [-0.1, -0.05) is 25.5 Å². The zero-order chi connectivity index (χ0) is 13.4. The number of aliphatic hydroxyl groups excluding tert-OH is 1. The van der Waals surface area contributed by atoms with Gasteiger partial charge in [0, 0.05) is 5.57 Å². The predicted octanol–water partition coefficient (Wildman–Crippen LogP) is 2.62. The molecule has 0 fully saturated rings. The van der Waals surface area contributed by atoms with Crippen LogP contribution in [0.3, 0.4) is 0 Å². The van der Waals surface area contributed by atoms with Crippen LogP contribution in [0, 0.1) is 23.7 Å². The molecule has 0 heterocycles. The normalized spacial score (nSPS) is 35.8. The topological polar surface area (TPSA) is 57.5 Å². The lowest BCUT2D eigenvalue weighted by molar-refractivity contribution is -0.134. The zero-order valence-corrected chi connectivity index (χ0v) is 11.3. The van der Waals surface area contributed by atoms with Gasteiger partial charge in [0.05, 0.1) is 6.10 Å². The van der Waals surface area contributed by atoms with E-state index in [4.69, 9.17) is 0 Å². The number of fused-ring (bicyclic) bond motifs is 1. The van der Waals surface area contributed by atoms with E-state index in [1.807, 2.05) is 0 Å². The molecule has 2 rings (SSSR count). The van der Waals surface area contributed by atoms with E-state index in [-0.39, 0.29) is 17.8 Å². The van der Waals surface area contributed by atoms with Gasteiger partial charge in [0.15, 0.2) is 0 Å². The van der Waals surface area contributed by atoms with Crippen LogP contribution in [-0.2, 0) is 4.79 Å². The van der Waals surface area contributed by atoms with Crippen LogP contribution >= 0.6 is 0 Å². The highest BCUT2D eigenvalue weighted by atomic mass is 16.4. The fourth-order valence-electron chi connectivity index (χ4n) is 3.56. The molecule has 0 spiro atoms. The van der Waals surface area contributed by atoms with Crippen LogP contribution in [0.25, 0.3) is 0 Å². The fraction of sp³-hybridized carbons (Fsp3) is 0.667. The van der Waals surface area contributed by atoms with Gasteiger partial charge in [0.2, 0.25) is 0 Å². The van der Waals surface area contributed by atoms with Crippen molar-refractivity contribution in [3.05, 3.63) is 23.3 Å². The Kier molecular flexibility index (Phi) is 3.62. The Balaban J connectivity index is 2.43. The largest absolute Gasteiger partial charge is 0.478 e. The minimum Gasteiger partial charge on any atom is -0.478 e. The van der Waals surface area contributed by atoms with Gasteiger partial charge in [0.25, 0.3) is 0 Å². The second-order valence-electron chi connectivity index (χ2n) is 5.97. The maximum atomic E-state index is 11.3. The Bertz CT molecular complexity index is 406. The van der Waals surface area contributed by atoms with Crippen LogP contribution in [0.15, 0.2) is 23.3 Å². The monoisotopic (exact) mass is 250 g/mol. The van der Waals surface area contributed by atoms with Crippen LogP contribution in [0.5, 0.6) is 0 Å². The third-order valence-corrected chi connectivity index (χ3v) is 4.40. The van der Waals surface area contributed by atoms with Crippen molar-refractivity contribution in [3.8, 4) is 0 Å². The van der Waals surface area contributed by atoms with Crippen molar-refractivity contribution in [1.82, 2.24) is 0 Å². The van der Waals surface area contributed by atoms with E-state index < -0.39 is 12.1 Å². The molecule has 18 heavy (non-hydrogen) atoms. The maximum Gasteiger partial charge on any atom is 0.331 e. The second-order valence-corrected chi connectivity index (χ2v) is 5.97. The molecule has 0 aliphatic heterocycles. The molecule has 0 saturated heterocycles. The van der Waals surface area contributed by atoms with Crippen molar-refractivity contribution < 1.29 is 15.0 Å². The molecule has 0 saturated carbocycles. The number of hydrogen-bond acceptors (Lipinski definition) is 2. The molecule has 3 nitrogen and oxygen atoms in total. The van der Waals surface area contributed by atoms with Gasteiger partial charge in [-0.05, 0) is 49.5 Å². The number of allylic oxidation sites excluding steroid dienone is 2. The molecule has 4 atom stereocenters. The Hall–Kier alpha value is -1.09. The Labute approximate surface area is 108 Å². The van der Waals surface area contributed by atoms with Crippen molar-refractivity contribution in [2.45, 2.75) is 39.7 Å². The standard InChI is InChI=1S/C15H22O3/c1-8(2)14-11-6-9(3)4-5-10(11)12(15(17)18)7-13(14)16/h6-8,10-11,13-14,16H,4-5H2,1-3H3,(H,17,18)/t10-,11+,13-,14-/m1/s1. The average molecular weight is 250 g/mol. The summed E-state index contributed by atoms with van der Waals surface area (Å²) in [6.45, 7) is 6.30. The SMILES string of the molecule is CC1=C[C@@H]2[C@@H](C(C)C)[C@H](O)C=C(C(=O)O)[C@@H]2CC1. The molecule has 2 aliphatic carbocycles. The van der Waals surface area contributed by atoms with Crippen LogP contribution < -0.4 is 0 Å². The van der Waals surface area contributed by atoms with Crippen molar-refractivity contribution >= 4 is 5.97 Å². The van der Waals surface area contributed by atoms with Crippen LogP contribution in [0.4, 0.5) is 0 Å². The van der Waals surface area contributed by atoms with Gasteiger partial charge >= 0.3 is 5.97 Å². The molecule has 0 aromatic rings. The summed E-state index contributed by atoms with van der Waals surface area (Å²) < 4.78 is 0. The van der Waals surface area contributed by atoms with Crippen molar-refractivity contribution in [2.75, 3.05) is 0 Å². The van der Waals surface area contributed by atoms with E-state index in [1.165, 1.54) is 5.57 Å². The number of aliphatic hydroxyl groups is 1. The van der Waals surface area contributed by atoms with E-state index in [0.717, 1.165) is 12.8 Å². The lowest BCUT2D eigenvalue weighted by Gasteiger charge is -2.43. The minimum atomic E-state index is -0.876. The highest BCUT2D eigenvalue weighted by Crippen LogP contribution is 2.45. The highest BCUT2D eigenvalue weighted by molar-refractivity contribution is 5.87. The molecule has 0 unspecified atom stereocenters. The van der Waals surface area contributed by atoms with Crippen molar-refractivity contribution in [1.29, 1.82) is 0 Å². The van der Waals surface area contributed by atoms with Crippen LogP contribution in [-0.4, -0.2) is 22.3 Å². The van der Waals surface area contributed by atoms with Gasteiger partial charge in [-0.3, -0.25) is 0 Å². The first kappa shape index (κ1) is 13.3. The van der Waals surface area contributed by atoms with E-state index in [0.29, 0.717) is 11.5 Å². The molecule has 0 amide bonds. The Morgan fingerprint density at radius 3 is 2.61 bits per heavy atom. The molecular weight excluding hydrogens is 228 g/mol. The number of aliphatic carboxylic acids is 1. The molecule has 0 aromatic heterocycles. The Morgan fingerprint density at radius 2 is 2.06 bits per heavy atom. The highest BCUT2D eigenvalue weighted by Gasteiger charge is 2.42. The molecule has 2 aliphatic rings. The van der Waals surface area contributed by atoms with Crippen LogP contribution in [0.2, 0.25) is 0 Å². The predicted molar refractivity (Wildman–Crippen MR) is 70.0 cm³/mol. The quantitative estimate of drug-likeness (QED) is 0.741. The van der Waals surface area contributed by atoms with E-state index in [2.05, 4.69) is 26.8 Å². The summed E-state index contributed by atoms with van der Waals surface area (Å²) in [6.07, 6.45) is 4.98. The van der Waals surface area contributed by atoms with E-state index >= 15 is 0 Å². The summed E-state index contributed by atoms with van der Waals surface area (Å²) in [5, 5.41) is 19.5. The van der Waals surface area contributed by atoms with Gasteiger partial charge in [-0.25, -0.2) is 4.79 Å². The number of carbonyl (C=O) groups is 1. The second kappa shape index (κ2) is 4.88. The molecule has 0 radical (unpaired) electrons. The summed E-state index contributed by atoms with van der Waals surface area (Å²) in [7, 11) is 0. The number of rotatable bonds is 2. The van der Waals surface area contributed by atoms with Gasteiger partial charge in [0.1, 0.15) is 0 Å². The number of hydrogen-bond donors (Lipinski definition) is 2. The van der Waals surface area contributed by atoms with Gasteiger partial charge < -0.3 is 10.2 Å². The molecule has 0 aromatic carbocycles. The van der Waals surface area contributed by atoms with Crippen LogP contribution in [0.1, 0.15) is 33.6 Å². The smallest absolute Gasteiger partial charge is 0.331 e. The summed E-state index contributed by atoms with van der Waals surface area (Å²) >= 11 is 0. The third kappa shape index (κ3) is 2.24. The van der Waals surface area contributed by atoms with Crippen molar-refractivity contribution in [3.63, 3.8) is 0 Å². The molecule has 2 N–H and O–H groups in total. The first-order chi connectivity index (χ1) is 8.41. The number of carboxylic acid groups (broad SMARTS) is 1. The Morgan fingerprint density at radius 1 is 1.39 bits per heavy atom. The number of carboxylic acids is 1. The fourth-order valence-corrected chi connectivity index (χ4v) is 3.56. The lowest BCUT2D eigenvalue weighted by atomic mass is 9.63. The summed E-state index contributed by atoms with van der Waals surface area (Å²) in [5.74, 6) is -0.152. The van der Waals surface area contributed by atoms with E-state index in [9.17, 15) is 15.0 Å².